The fourth-order valence-corrected chi connectivity index (χ4v) is 3.64. The van der Waals surface area contributed by atoms with Crippen molar-refractivity contribution in [3.8, 4) is 0 Å². The summed E-state index contributed by atoms with van der Waals surface area (Å²) in [6.07, 6.45) is 2.18. The minimum Gasteiger partial charge on any atom is -0.440 e. The maximum absolute atomic E-state index is 6.03. The largest absolute Gasteiger partial charge is 0.440 e. The van der Waals surface area contributed by atoms with E-state index in [1.54, 1.807) is 16.8 Å². The van der Waals surface area contributed by atoms with Gasteiger partial charge in [-0.1, -0.05) is 12.1 Å². The molecule has 1 saturated heterocycles. The van der Waals surface area contributed by atoms with Gasteiger partial charge in [0.05, 0.1) is 6.54 Å². The van der Waals surface area contributed by atoms with Crippen molar-refractivity contribution in [2.75, 3.05) is 13.1 Å². The van der Waals surface area contributed by atoms with Crippen molar-refractivity contribution in [1.82, 2.24) is 20.1 Å². The van der Waals surface area contributed by atoms with Gasteiger partial charge in [-0.3, -0.25) is 4.90 Å². The number of benzene rings is 1. The number of fused-ring (bicyclic) bond motifs is 1. The first-order valence-corrected chi connectivity index (χ1v) is 8.51. The summed E-state index contributed by atoms with van der Waals surface area (Å²) in [6, 6.07) is 6.14. The third-order valence-electron chi connectivity index (χ3n) is 4.33. The lowest BCUT2D eigenvalue weighted by Crippen LogP contribution is -2.32. The van der Waals surface area contributed by atoms with Crippen molar-refractivity contribution >= 4 is 22.4 Å². The van der Waals surface area contributed by atoms with Crippen LogP contribution in [-0.4, -0.2) is 33.2 Å². The quantitative estimate of drug-likeness (QED) is 0.742. The van der Waals surface area contributed by atoms with Gasteiger partial charge in [0.15, 0.2) is 11.5 Å². The van der Waals surface area contributed by atoms with Crippen LogP contribution in [0.4, 0.5) is 0 Å². The molecule has 5 nitrogen and oxygen atoms in total. The van der Waals surface area contributed by atoms with Gasteiger partial charge in [0.1, 0.15) is 16.0 Å². The van der Waals surface area contributed by atoms with E-state index < -0.39 is 0 Å². The highest BCUT2D eigenvalue weighted by molar-refractivity contribution is 7.09. The van der Waals surface area contributed by atoms with Crippen LogP contribution in [0.5, 0.6) is 0 Å². The molecule has 4 rings (SSSR count). The predicted molar refractivity (Wildman–Crippen MR) is 85.9 cm³/mol. The summed E-state index contributed by atoms with van der Waals surface area (Å²) in [6.45, 7) is 5.09. The molecule has 0 saturated carbocycles. The number of para-hydroxylation sites is 1. The summed E-state index contributed by atoms with van der Waals surface area (Å²) in [7, 11) is 0. The summed E-state index contributed by atoms with van der Waals surface area (Å²) in [4.78, 5) is 7.13. The molecular formula is C16H18N4OS. The molecule has 1 aliphatic heterocycles. The van der Waals surface area contributed by atoms with E-state index in [1.807, 2.05) is 12.1 Å². The van der Waals surface area contributed by atoms with E-state index in [4.69, 9.17) is 9.40 Å². The van der Waals surface area contributed by atoms with Gasteiger partial charge in [-0.15, -0.1) is 21.5 Å². The Balaban J connectivity index is 1.45. The molecule has 114 valence electrons. The van der Waals surface area contributed by atoms with E-state index >= 15 is 0 Å². The molecule has 0 amide bonds. The van der Waals surface area contributed by atoms with E-state index in [9.17, 15) is 0 Å². The van der Waals surface area contributed by atoms with E-state index in [2.05, 4.69) is 28.1 Å². The van der Waals surface area contributed by atoms with Crippen LogP contribution in [0.3, 0.4) is 0 Å². The monoisotopic (exact) mass is 314 g/mol. The van der Waals surface area contributed by atoms with Crippen LogP contribution >= 0.6 is 11.3 Å². The predicted octanol–water partition coefficient (Wildman–Crippen LogP) is 3.37. The second kappa shape index (κ2) is 5.78. The van der Waals surface area contributed by atoms with Crippen LogP contribution in [0.25, 0.3) is 11.1 Å². The first-order chi connectivity index (χ1) is 10.8. The van der Waals surface area contributed by atoms with Crippen LogP contribution in [0, 0.1) is 6.92 Å². The second-order valence-electron chi connectivity index (χ2n) is 5.86. The van der Waals surface area contributed by atoms with Crippen molar-refractivity contribution in [2.45, 2.75) is 32.2 Å². The Labute approximate surface area is 133 Å². The van der Waals surface area contributed by atoms with Crippen LogP contribution < -0.4 is 0 Å². The molecule has 1 fully saturated rings. The third-order valence-corrected chi connectivity index (χ3v) is 5.01. The molecule has 22 heavy (non-hydrogen) atoms. The number of nitrogens with zero attached hydrogens (tertiary/aromatic N) is 4. The van der Waals surface area contributed by atoms with E-state index in [1.165, 1.54) is 0 Å². The Kier molecular flexibility index (Phi) is 3.63. The van der Waals surface area contributed by atoms with Crippen LogP contribution in [-0.2, 0) is 6.54 Å². The minimum absolute atomic E-state index is 0.428. The molecule has 3 heterocycles. The maximum atomic E-state index is 6.03. The van der Waals surface area contributed by atoms with Gasteiger partial charge in [-0.2, -0.15) is 0 Å². The van der Waals surface area contributed by atoms with Crippen molar-refractivity contribution in [3.05, 3.63) is 40.2 Å². The van der Waals surface area contributed by atoms with E-state index in [-0.39, 0.29) is 0 Å². The second-order valence-corrected chi connectivity index (χ2v) is 6.78. The van der Waals surface area contributed by atoms with Crippen molar-refractivity contribution in [1.29, 1.82) is 0 Å². The topological polar surface area (TPSA) is 55.1 Å². The Morgan fingerprint density at radius 3 is 2.91 bits per heavy atom. The number of hydrogen-bond donors (Lipinski definition) is 0. The van der Waals surface area contributed by atoms with Gasteiger partial charge in [0, 0.05) is 5.92 Å². The Morgan fingerprint density at radius 2 is 2.18 bits per heavy atom. The molecule has 1 aromatic carbocycles. The SMILES string of the molecule is Cc1cccc2nc(C3CCN(Cc4nncs4)CC3)oc12. The standard InChI is InChI=1S/C16H18N4OS/c1-11-3-2-4-13-15(11)21-16(18-13)12-5-7-20(8-6-12)9-14-19-17-10-22-14/h2-4,10,12H,5-9H2,1H3. The Bertz CT molecular complexity index is 760. The first kappa shape index (κ1) is 13.8. The number of oxazole rings is 1. The molecule has 0 N–H and O–H groups in total. The highest BCUT2D eigenvalue weighted by Gasteiger charge is 2.25. The lowest BCUT2D eigenvalue weighted by molar-refractivity contribution is 0.193. The van der Waals surface area contributed by atoms with Gasteiger partial charge < -0.3 is 4.42 Å². The molecule has 0 spiro atoms. The molecule has 6 heteroatoms. The molecule has 2 aromatic heterocycles. The van der Waals surface area contributed by atoms with Crippen LogP contribution in [0.1, 0.15) is 35.2 Å². The van der Waals surface area contributed by atoms with Gasteiger partial charge in [0.25, 0.3) is 0 Å². The van der Waals surface area contributed by atoms with Gasteiger partial charge >= 0.3 is 0 Å². The highest BCUT2D eigenvalue weighted by atomic mass is 32.1. The number of aromatic nitrogens is 3. The molecular weight excluding hydrogens is 296 g/mol. The summed E-state index contributed by atoms with van der Waals surface area (Å²) in [5.74, 6) is 1.33. The average molecular weight is 314 g/mol. The number of aryl methyl sites for hydroxylation is 1. The maximum Gasteiger partial charge on any atom is 0.198 e. The fourth-order valence-electron chi connectivity index (χ4n) is 3.07. The normalized spacial score (nSPS) is 17.3. The molecule has 3 aromatic rings. The number of likely N-dealkylation sites (tertiary alicyclic amines) is 1. The molecule has 0 unspecified atom stereocenters. The Hall–Kier alpha value is -1.79. The number of rotatable bonds is 3. The zero-order chi connectivity index (χ0) is 14.9. The lowest BCUT2D eigenvalue weighted by atomic mass is 9.97. The van der Waals surface area contributed by atoms with Gasteiger partial charge in [0.2, 0.25) is 0 Å². The van der Waals surface area contributed by atoms with Crippen molar-refractivity contribution < 1.29 is 4.42 Å². The summed E-state index contributed by atoms with van der Waals surface area (Å²) in [5, 5.41) is 9.12. The van der Waals surface area contributed by atoms with Crippen molar-refractivity contribution in [3.63, 3.8) is 0 Å². The molecule has 0 atom stereocenters. The summed E-state index contributed by atoms with van der Waals surface area (Å²) in [5.41, 5.74) is 4.87. The zero-order valence-corrected chi connectivity index (χ0v) is 13.3. The molecule has 0 aliphatic carbocycles. The van der Waals surface area contributed by atoms with Crippen LogP contribution in [0.15, 0.2) is 28.1 Å². The van der Waals surface area contributed by atoms with E-state index in [0.717, 1.165) is 60.0 Å². The molecule has 1 aliphatic rings. The Morgan fingerprint density at radius 1 is 1.32 bits per heavy atom. The smallest absolute Gasteiger partial charge is 0.198 e. The van der Waals surface area contributed by atoms with Gasteiger partial charge in [-0.05, 0) is 44.5 Å². The highest BCUT2D eigenvalue weighted by Crippen LogP contribution is 2.31. The van der Waals surface area contributed by atoms with E-state index in [0.29, 0.717) is 5.92 Å². The lowest BCUT2D eigenvalue weighted by Gasteiger charge is -2.29. The molecule has 0 bridgehead atoms. The number of hydrogen-bond acceptors (Lipinski definition) is 6. The number of piperidine rings is 1. The summed E-state index contributed by atoms with van der Waals surface area (Å²) < 4.78 is 6.03. The minimum atomic E-state index is 0.428. The van der Waals surface area contributed by atoms with Crippen LogP contribution in [0.2, 0.25) is 0 Å². The van der Waals surface area contributed by atoms with Crippen molar-refractivity contribution in [2.24, 2.45) is 0 Å². The average Bonchev–Trinajstić information content (AvgIpc) is 3.18. The molecule has 0 radical (unpaired) electrons. The summed E-state index contributed by atoms with van der Waals surface area (Å²) >= 11 is 1.62. The third kappa shape index (κ3) is 2.64. The first-order valence-electron chi connectivity index (χ1n) is 7.63. The zero-order valence-electron chi connectivity index (χ0n) is 12.5. The fraction of sp³-hybridized carbons (Fsp3) is 0.438. The van der Waals surface area contributed by atoms with Gasteiger partial charge in [-0.25, -0.2) is 4.98 Å².